The maximum Gasteiger partial charge on any atom is 0.340 e. The van der Waals surface area contributed by atoms with Gasteiger partial charge in [-0.2, -0.15) is 0 Å². The van der Waals surface area contributed by atoms with Crippen LogP contribution in [-0.4, -0.2) is 29.6 Å². The van der Waals surface area contributed by atoms with Gasteiger partial charge in [0.2, 0.25) is 0 Å². The van der Waals surface area contributed by atoms with Gasteiger partial charge in [-0.05, 0) is 37.3 Å². The van der Waals surface area contributed by atoms with Crippen molar-refractivity contribution in [3.05, 3.63) is 66.1 Å². The summed E-state index contributed by atoms with van der Waals surface area (Å²) in [6.07, 6.45) is 1.69. The van der Waals surface area contributed by atoms with Crippen molar-refractivity contribution in [1.82, 2.24) is 4.57 Å². The van der Waals surface area contributed by atoms with Crippen molar-refractivity contribution in [3.8, 4) is 0 Å². The van der Waals surface area contributed by atoms with Gasteiger partial charge >= 0.3 is 5.97 Å². The number of esters is 1. The normalized spacial score (nSPS) is 10.7. The van der Waals surface area contributed by atoms with Gasteiger partial charge < -0.3 is 14.2 Å². The fourth-order valence-electron chi connectivity index (χ4n) is 2.91. The van der Waals surface area contributed by atoms with E-state index in [0.717, 1.165) is 10.9 Å². The second kappa shape index (κ2) is 7.39. The fourth-order valence-corrected chi connectivity index (χ4v) is 2.91. The summed E-state index contributed by atoms with van der Waals surface area (Å²) >= 11 is 0. The lowest BCUT2D eigenvalue weighted by atomic mass is 10.2. The molecule has 3 rings (SSSR count). The summed E-state index contributed by atoms with van der Waals surface area (Å²) < 4.78 is 20.1. The Morgan fingerprint density at radius 3 is 2.50 bits per heavy atom. The molecule has 3 aromatic rings. The van der Waals surface area contributed by atoms with Gasteiger partial charge in [0.05, 0.1) is 5.56 Å². The minimum Gasteiger partial charge on any atom is -0.452 e. The van der Waals surface area contributed by atoms with Crippen LogP contribution in [0.3, 0.4) is 0 Å². The molecule has 0 aliphatic rings. The first-order valence-corrected chi connectivity index (χ1v) is 8.28. The van der Waals surface area contributed by atoms with Crippen LogP contribution in [0.25, 0.3) is 10.9 Å². The SMILES string of the molecule is CCN(C(=O)COC(=O)c1cn(C)c2ccccc12)c1ccc(F)cc1. The highest BCUT2D eigenvalue weighted by molar-refractivity contribution is 6.05. The number of halogens is 1. The number of amides is 1. The molecule has 1 aromatic heterocycles. The molecule has 0 fully saturated rings. The third-order valence-corrected chi connectivity index (χ3v) is 4.20. The topological polar surface area (TPSA) is 51.5 Å². The van der Waals surface area contributed by atoms with E-state index in [9.17, 15) is 14.0 Å². The molecule has 0 aliphatic carbocycles. The van der Waals surface area contributed by atoms with Crippen LogP contribution in [-0.2, 0) is 16.6 Å². The Morgan fingerprint density at radius 2 is 1.81 bits per heavy atom. The summed E-state index contributed by atoms with van der Waals surface area (Å²) in [5, 5.41) is 0.776. The standard InChI is InChI=1S/C20H19FN2O3/c1-3-23(15-10-8-14(21)9-11-15)19(24)13-26-20(25)17-12-22(2)18-7-5-4-6-16(17)18/h4-12H,3,13H2,1-2H3. The van der Waals surface area contributed by atoms with Crippen LogP contribution in [0.5, 0.6) is 0 Å². The third kappa shape index (κ3) is 3.44. The molecular weight excluding hydrogens is 335 g/mol. The number of rotatable bonds is 5. The molecule has 134 valence electrons. The molecular formula is C20H19FN2O3. The Bertz CT molecular complexity index is 947. The van der Waals surface area contributed by atoms with E-state index in [1.807, 2.05) is 35.9 Å². The lowest BCUT2D eigenvalue weighted by molar-refractivity contribution is -0.121. The first-order chi connectivity index (χ1) is 12.5. The van der Waals surface area contributed by atoms with Gasteiger partial charge in [-0.15, -0.1) is 0 Å². The number of likely N-dealkylation sites (N-methyl/N-ethyl adjacent to an activating group) is 1. The molecule has 1 amide bonds. The average Bonchev–Trinajstić information content (AvgIpc) is 2.99. The predicted molar refractivity (Wildman–Crippen MR) is 97.6 cm³/mol. The number of carbonyl (C=O) groups excluding carboxylic acids is 2. The predicted octanol–water partition coefficient (Wildman–Crippen LogP) is 3.53. The summed E-state index contributed by atoms with van der Waals surface area (Å²) in [7, 11) is 1.84. The highest BCUT2D eigenvalue weighted by Gasteiger charge is 2.19. The summed E-state index contributed by atoms with van der Waals surface area (Å²) in [4.78, 5) is 26.3. The maximum absolute atomic E-state index is 13.1. The van der Waals surface area contributed by atoms with Crippen LogP contribution in [0, 0.1) is 5.82 Å². The van der Waals surface area contributed by atoms with E-state index in [4.69, 9.17) is 4.74 Å². The second-order valence-electron chi connectivity index (χ2n) is 5.86. The van der Waals surface area contributed by atoms with Crippen molar-refractivity contribution in [2.75, 3.05) is 18.1 Å². The Labute approximate surface area is 150 Å². The number of nitrogens with zero attached hydrogens (tertiary/aromatic N) is 2. The molecule has 0 atom stereocenters. The van der Waals surface area contributed by atoms with E-state index in [-0.39, 0.29) is 18.3 Å². The van der Waals surface area contributed by atoms with Crippen molar-refractivity contribution < 1.29 is 18.7 Å². The van der Waals surface area contributed by atoms with Gasteiger partial charge in [-0.3, -0.25) is 4.79 Å². The lowest BCUT2D eigenvalue weighted by Gasteiger charge is -2.20. The second-order valence-corrected chi connectivity index (χ2v) is 5.86. The van der Waals surface area contributed by atoms with Gasteiger partial charge in [-0.25, -0.2) is 9.18 Å². The summed E-state index contributed by atoms with van der Waals surface area (Å²) in [6, 6.07) is 13.1. The van der Waals surface area contributed by atoms with Crippen molar-refractivity contribution in [3.63, 3.8) is 0 Å². The van der Waals surface area contributed by atoms with E-state index in [2.05, 4.69) is 0 Å². The lowest BCUT2D eigenvalue weighted by Crippen LogP contribution is -2.34. The quantitative estimate of drug-likeness (QED) is 0.659. The van der Waals surface area contributed by atoms with Crippen molar-refractivity contribution >= 4 is 28.5 Å². The highest BCUT2D eigenvalue weighted by Crippen LogP contribution is 2.21. The Hall–Kier alpha value is -3.15. The monoisotopic (exact) mass is 354 g/mol. The van der Waals surface area contributed by atoms with Gasteiger partial charge in [-0.1, -0.05) is 18.2 Å². The molecule has 26 heavy (non-hydrogen) atoms. The Kier molecular flexibility index (Phi) is 5.02. The molecule has 0 spiro atoms. The largest absolute Gasteiger partial charge is 0.452 e. The molecule has 0 saturated heterocycles. The van der Waals surface area contributed by atoms with Crippen LogP contribution in [0.4, 0.5) is 10.1 Å². The average molecular weight is 354 g/mol. The van der Waals surface area contributed by atoms with E-state index in [0.29, 0.717) is 17.8 Å². The first-order valence-electron chi connectivity index (χ1n) is 8.28. The zero-order valence-corrected chi connectivity index (χ0v) is 14.6. The van der Waals surface area contributed by atoms with Gasteiger partial charge in [0.25, 0.3) is 5.91 Å². The minimum atomic E-state index is -0.551. The number of benzene rings is 2. The molecule has 6 heteroatoms. The smallest absolute Gasteiger partial charge is 0.340 e. The maximum atomic E-state index is 13.1. The van der Waals surface area contributed by atoms with Gasteiger partial charge in [0.1, 0.15) is 5.82 Å². The van der Waals surface area contributed by atoms with E-state index in [1.165, 1.54) is 29.2 Å². The van der Waals surface area contributed by atoms with E-state index in [1.54, 1.807) is 13.1 Å². The number of carbonyl (C=O) groups is 2. The fraction of sp³-hybridized carbons (Fsp3) is 0.200. The molecule has 0 radical (unpaired) electrons. The van der Waals surface area contributed by atoms with E-state index < -0.39 is 5.97 Å². The van der Waals surface area contributed by atoms with E-state index >= 15 is 0 Å². The molecule has 1 heterocycles. The zero-order chi connectivity index (χ0) is 18.7. The van der Waals surface area contributed by atoms with Crippen molar-refractivity contribution in [2.24, 2.45) is 7.05 Å². The number of anilines is 1. The Morgan fingerprint density at radius 1 is 1.12 bits per heavy atom. The molecule has 0 aliphatic heterocycles. The number of fused-ring (bicyclic) bond motifs is 1. The molecule has 0 unspecified atom stereocenters. The summed E-state index contributed by atoms with van der Waals surface area (Å²) in [5.74, 6) is -1.29. The van der Waals surface area contributed by atoms with Crippen LogP contribution < -0.4 is 4.90 Å². The van der Waals surface area contributed by atoms with Crippen LogP contribution in [0.1, 0.15) is 17.3 Å². The minimum absolute atomic E-state index is 0.368. The van der Waals surface area contributed by atoms with Crippen LogP contribution in [0.2, 0.25) is 0 Å². The zero-order valence-electron chi connectivity index (χ0n) is 14.6. The number of hydrogen-bond donors (Lipinski definition) is 0. The third-order valence-electron chi connectivity index (χ3n) is 4.20. The Balaban J connectivity index is 1.71. The highest BCUT2D eigenvalue weighted by atomic mass is 19.1. The van der Waals surface area contributed by atoms with Crippen molar-refractivity contribution in [1.29, 1.82) is 0 Å². The molecule has 5 nitrogen and oxygen atoms in total. The molecule has 2 aromatic carbocycles. The first kappa shape index (κ1) is 17.7. The number of aryl methyl sites for hydroxylation is 1. The summed E-state index contributed by atoms with van der Waals surface area (Å²) in [6.45, 7) is 1.80. The molecule has 0 saturated carbocycles. The number of ether oxygens (including phenoxy) is 1. The van der Waals surface area contributed by atoms with Crippen LogP contribution in [0.15, 0.2) is 54.7 Å². The molecule has 0 N–H and O–H groups in total. The van der Waals surface area contributed by atoms with Gasteiger partial charge in [0.15, 0.2) is 6.61 Å². The van der Waals surface area contributed by atoms with Gasteiger partial charge in [0, 0.05) is 36.4 Å². The number of aromatic nitrogens is 1. The summed E-state index contributed by atoms with van der Waals surface area (Å²) in [5.41, 5.74) is 1.88. The number of hydrogen-bond acceptors (Lipinski definition) is 3. The van der Waals surface area contributed by atoms with Crippen LogP contribution >= 0.6 is 0 Å². The van der Waals surface area contributed by atoms with Crippen molar-refractivity contribution in [2.45, 2.75) is 6.92 Å². The molecule has 0 bridgehead atoms. The number of para-hydroxylation sites is 1.